The topological polar surface area (TPSA) is 69.7 Å². The molecule has 0 amide bonds. The van der Waals surface area contributed by atoms with Gasteiger partial charge in [0.1, 0.15) is 18.4 Å². The van der Waals surface area contributed by atoms with Crippen LogP contribution in [0, 0.1) is 0 Å². The fourth-order valence-electron chi connectivity index (χ4n) is 2.10. The van der Waals surface area contributed by atoms with Crippen LogP contribution in [-0.4, -0.2) is 42.1 Å². The van der Waals surface area contributed by atoms with Crippen molar-refractivity contribution in [2.24, 2.45) is 0 Å². The number of hydrogen-bond donors (Lipinski definition) is 0. The lowest BCUT2D eigenvalue weighted by Gasteiger charge is -2.25. The highest BCUT2D eigenvalue weighted by Gasteiger charge is 2.37. The second kappa shape index (κ2) is 8.57. The van der Waals surface area contributed by atoms with Crippen molar-refractivity contribution in [2.45, 2.75) is 65.6 Å². The van der Waals surface area contributed by atoms with Crippen molar-refractivity contribution in [1.29, 1.82) is 0 Å². The molecule has 0 N–H and O–H groups in total. The van der Waals surface area contributed by atoms with Crippen LogP contribution in [0.1, 0.15) is 54.4 Å². The Morgan fingerprint density at radius 1 is 1.10 bits per heavy atom. The maximum atomic E-state index is 12.8. The van der Waals surface area contributed by atoms with Gasteiger partial charge in [-0.3, -0.25) is 9.59 Å². The number of hydrogen-bond acceptors (Lipinski definition) is 5. The van der Waals surface area contributed by atoms with Crippen LogP contribution >= 0.6 is 7.14 Å². The molecular formula is C15H29O5P. The smallest absolute Gasteiger partial charge is 0.316 e. The zero-order chi connectivity index (χ0) is 16.7. The molecule has 0 bridgehead atoms. The first-order valence-corrected chi connectivity index (χ1v) is 9.70. The van der Waals surface area contributed by atoms with E-state index in [2.05, 4.69) is 0 Å². The van der Waals surface area contributed by atoms with Crippen LogP contribution < -0.4 is 0 Å². The highest BCUT2D eigenvalue weighted by molar-refractivity contribution is 7.65. The number of carbonyl (C=O) groups is 2. The number of esters is 2. The Hall–Kier alpha value is -0.830. The summed E-state index contributed by atoms with van der Waals surface area (Å²) in [5.41, 5.74) is -1.27. The van der Waals surface area contributed by atoms with Crippen LogP contribution in [0.25, 0.3) is 0 Å². The molecule has 0 aromatic rings. The minimum Gasteiger partial charge on any atom is -0.465 e. The third-order valence-corrected chi connectivity index (χ3v) is 6.99. The van der Waals surface area contributed by atoms with Gasteiger partial charge in [-0.1, -0.05) is 13.8 Å². The van der Waals surface area contributed by atoms with E-state index < -0.39 is 24.4 Å². The van der Waals surface area contributed by atoms with Gasteiger partial charge < -0.3 is 14.0 Å². The van der Waals surface area contributed by atoms with Gasteiger partial charge in [0, 0.05) is 6.42 Å². The average Bonchev–Trinajstić information content (AvgIpc) is 2.36. The van der Waals surface area contributed by atoms with E-state index in [0.29, 0.717) is 12.3 Å². The molecule has 0 saturated carbocycles. The Labute approximate surface area is 128 Å². The standard InChI is InChI=1S/C15H29O5P/c1-7-19-14(17)12(21(18,8-2)9-3)10-11-13(16)20-15(4,5)6/h12H,7-11H2,1-6H3. The minimum atomic E-state index is -2.67. The molecular weight excluding hydrogens is 291 g/mol. The summed E-state index contributed by atoms with van der Waals surface area (Å²) in [7, 11) is -2.67. The molecule has 0 aromatic heterocycles. The molecule has 6 heteroatoms. The van der Waals surface area contributed by atoms with Crippen LogP contribution in [0.3, 0.4) is 0 Å². The lowest BCUT2D eigenvalue weighted by Crippen LogP contribution is -2.28. The monoisotopic (exact) mass is 320 g/mol. The Balaban J connectivity index is 4.89. The molecule has 0 aliphatic rings. The van der Waals surface area contributed by atoms with Crippen LogP contribution in [0.4, 0.5) is 0 Å². The molecule has 0 spiro atoms. The number of carbonyl (C=O) groups excluding carboxylic acids is 2. The molecule has 0 radical (unpaired) electrons. The van der Waals surface area contributed by atoms with Gasteiger partial charge in [-0.25, -0.2) is 0 Å². The number of ether oxygens (including phenoxy) is 2. The lowest BCUT2D eigenvalue weighted by molar-refractivity contribution is -0.155. The maximum Gasteiger partial charge on any atom is 0.316 e. The molecule has 0 rings (SSSR count). The van der Waals surface area contributed by atoms with Crippen LogP contribution in [0.5, 0.6) is 0 Å². The first-order valence-electron chi connectivity index (χ1n) is 7.55. The average molecular weight is 320 g/mol. The normalized spacial score (nSPS) is 13.6. The van der Waals surface area contributed by atoms with Crippen molar-refractivity contribution < 1.29 is 23.6 Å². The van der Waals surface area contributed by atoms with Crippen LogP contribution in [-0.2, 0) is 23.6 Å². The first-order chi connectivity index (χ1) is 9.59. The predicted molar refractivity (Wildman–Crippen MR) is 84.2 cm³/mol. The van der Waals surface area contributed by atoms with E-state index in [4.69, 9.17) is 9.47 Å². The Bertz CT molecular complexity index is 389. The molecule has 0 aromatic carbocycles. The van der Waals surface area contributed by atoms with Gasteiger partial charge in [-0.2, -0.15) is 0 Å². The van der Waals surface area contributed by atoms with Crippen molar-refractivity contribution in [3.8, 4) is 0 Å². The molecule has 21 heavy (non-hydrogen) atoms. The first kappa shape index (κ1) is 20.2. The van der Waals surface area contributed by atoms with Crippen molar-refractivity contribution in [1.82, 2.24) is 0 Å². The fourth-order valence-corrected chi connectivity index (χ4v) is 4.48. The van der Waals surface area contributed by atoms with E-state index in [1.807, 2.05) is 13.8 Å². The summed E-state index contributed by atoms with van der Waals surface area (Å²) >= 11 is 0. The largest absolute Gasteiger partial charge is 0.465 e. The zero-order valence-electron chi connectivity index (χ0n) is 14.1. The molecule has 0 saturated heterocycles. The zero-order valence-corrected chi connectivity index (χ0v) is 15.0. The molecule has 0 aliphatic carbocycles. The summed E-state index contributed by atoms with van der Waals surface area (Å²) in [5, 5.41) is 0. The second-order valence-electron chi connectivity index (χ2n) is 5.98. The molecule has 124 valence electrons. The highest BCUT2D eigenvalue weighted by atomic mass is 31.2. The van der Waals surface area contributed by atoms with Crippen molar-refractivity contribution in [2.75, 3.05) is 18.9 Å². The van der Waals surface area contributed by atoms with E-state index in [1.54, 1.807) is 27.7 Å². The van der Waals surface area contributed by atoms with E-state index in [-0.39, 0.29) is 25.4 Å². The molecule has 0 heterocycles. The SMILES string of the molecule is CCOC(=O)C(CCC(=O)OC(C)(C)C)P(=O)(CC)CC. The van der Waals surface area contributed by atoms with Crippen molar-refractivity contribution in [3.05, 3.63) is 0 Å². The van der Waals surface area contributed by atoms with Gasteiger partial charge >= 0.3 is 11.9 Å². The molecule has 1 atom stereocenters. The Morgan fingerprint density at radius 3 is 2.00 bits per heavy atom. The molecule has 5 nitrogen and oxygen atoms in total. The Kier molecular flexibility index (Phi) is 8.23. The predicted octanol–water partition coefficient (Wildman–Crippen LogP) is 3.44. The van der Waals surface area contributed by atoms with Gasteiger partial charge in [0.25, 0.3) is 0 Å². The maximum absolute atomic E-state index is 12.8. The van der Waals surface area contributed by atoms with Crippen molar-refractivity contribution in [3.63, 3.8) is 0 Å². The van der Waals surface area contributed by atoms with E-state index >= 15 is 0 Å². The summed E-state index contributed by atoms with van der Waals surface area (Å²) in [5.74, 6) is -0.844. The summed E-state index contributed by atoms with van der Waals surface area (Å²) in [6, 6.07) is 0. The van der Waals surface area contributed by atoms with E-state index in [0.717, 1.165) is 0 Å². The second-order valence-corrected chi connectivity index (χ2v) is 9.77. The molecule has 0 aliphatic heterocycles. The van der Waals surface area contributed by atoms with Crippen molar-refractivity contribution >= 4 is 19.1 Å². The third-order valence-electron chi connectivity index (χ3n) is 3.24. The summed E-state index contributed by atoms with van der Waals surface area (Å²) in [4.78, 5) is 23.8. The lowest BCUT2D eigenvalue weighted by atomic mass is 10.2. The van der Waals surface area contributed by atoms with Crippen LogP contribution in [0.15, 0.2) is 0 Å². The minimum absolute atomic E-state index is 0.0741. The highest BCUT2D eigenvalue weighted by Crippen LogP contribution is 2.52. The fraction of sp³-hybridized carbons (Fsp3) is 0.867. The quantitative estimate of drug-likeness (QED) is 0.506. The number of rotatable bonds is 8. The Morgan fingerprint density at radius 2 is 1.62 bits per heavy atom. The molecule has 0 fully saturated rings. The van der Waals surface area contributed by atoms with Gasteiger partial charge in [0.2, 0.25) is 0 Å². The van der Waals surface area contributed by atoms with Gasteiger partial charge in [-0.05, 0) is 46.4 Å². The van der Waals surface area contributed by atoms with E-state index in [9.17, 15) is 14.2 Å². The summed E-state index contributed by atoms with van der Waals surface area (Å²) < 4.78 is 23.1. The third kappa shape index (κ3) is 7.12. The molecule has 1 unspecified atom stereocenters. The van der Waals surface area contributed by atoms with Gasteiger partial charge in [0.15, 0.2) is 0 Å². The van der Waals surface area contributed by atoms with Gasteiger partial charge in [-0.15, -0.1) is 0 Å². The van der Waals surface area contributed by atoms with Gasteiger partial charge in [0.05, 0.1) is 6.61 Å². The summed E-state index contributed by atoms with van der Waals surface area (Å²) in [6.07, 6.45) is 1.15. The van der Waals surface area contributed by atoms with E-state index in [1.165, 1.54) is 0 Å². The summed E-state index contributed by atoms with van der Waals surface area (Å²) in [6.45, 7) is 10.9. The van der Waals surface area contributed by atoms with Crippen LogP contribution in [0.2, 0.25) is 0 Å².